The Bertz CT molecular complexity index is 1080. The minimum Gasteiger partial charge on any atom is -0.369 e. The average molecular weight is 459 g/mol. The fourth-order valence-corrected chi connectivity index (χ4v) is 4.62. The van der Waals surface area contributed by atoms with E-state index in [9.17, 15) is 18.1 Å². The first-order valence-electron chi connectivity index (χ1n) is 9.81. The van der Waals surface area contributed by atoms with E-state index in [1.165, 1.54) is 20.2 Å². The normalized spacial score (nSPS) is 19.5. The van der Waals surface area contributed by atoms with E-state index in [1.807, 2.05) is 0 Å². The van der Waals surface area contributed by atoms with Crippen LogP contribution in [0, 0.1) is 11.8 Å². The molecule has 0 saturated carbocycles. The number of aromatic nitrogens is 4. The molecule has 0 spiro atoms. The van der Waals surface area contributed by atoms with Gasteiger partial charge in [-0.2, -0.15) is 13.8 Å². The van der Waals surface area contributed by atoms with Crippen molar-refractivity contribution in [1.29, 1.82) is 0 Å². The molecule has 1 saturated heterocycles. The van der Waals surface area contributed by atoms with Gasteiger partial charge in [-0.05, 0) is 26.7 Å². The van der Waals surface area contributed by atoms with E-state index in [-0.39, 0.29) is 37.2 Å². The zero-order valence-corrected chi connectivity index (χ0v) is 18.0. The first kappa shape index (κ1) is 23.3. The molecule has 0 radical (unpaired) electrons. The number of H-pyrrole nitrogens is 1. The van der Waals surface area contributed by atoms with Crippen LogP contribution in [-0.2, 0) is 18.3 Å². The molecule has 3 rings (SSSR count). The molecule has 1 fully saturated rings. The van der Waals surface area contributed by atoms with Gasteiger partial charge in [0.15, 0.2) is 11.2 Å². The SMILES string of the molecule is CCOP(=O)(OCC)C(F)(F)CC#CC[C@@H]1CC[C@H](n2cnc3c(=O)[nH]c(N)nc32)O1. The molecule has 3 N–H and O–H groups in total. The average Bonchev–Trinajstić information content (AvgIpc) is 3.32. The summed E-state index contributed by atoms with van der Waals surface area (Å²) in [6.45, 7) is 2.61. The highest BCUT2D eigenvalue weighted by atomic mass is 31.2. The number of hydrogen-bond donors (Lipinski definition) is 2. The second-order valence-corrected chi connectivity index (χ2v) is 8.96. The lowest BCUT2D eigenvalue weighted by Gasteiger charge is -2.24. The molecule has 0 aromatic carbocycles. The largest absolute Gasteiger partial charge is 0.400 e. The molecular weight excluding hydrogens is 435 g/mol. The van der Waals surface area contributed by atoms with Gasteiger partial charge in [-0.25, -0.2) is 4.98 Å². The van der Waals surface area contributed by atoms with Crippen molar-refractivity contribution < 1.29 is 27.1 Å². The minimum atomic E-state index is -4.58. The molecular formula is C18H24F2N5O5P. The maximum atomic E-state index is 14.3. The number of nitrogen functional groups attached to an aromatic ring is 1. The zero-order valence-electron chi connectivity index (χ0n) is 17.1. The van der Waals surface area contributed by atoms with Gasteiger partial charge in [0, 0.05) is 6.42 Å². The van der Waals surface area contributed by atoms with Crippen molar-refractivity contribution in [3.8, 4) is 11.8 Å². The molecule has 2 aromatic rings. The maximum Gasteiger partial charge on any atom is 0.400 e. The van der Waals surface area contributed by atoms with Gasteiger partial charge in [-0.15, -0.1) is 5.92 Å². The fourth-order valence-electron chi connectivity index (χ4n) is 3.21. The highest BCUT2D eigenvalue weighted by Gasteiger charge is 2.52. The van der Waals surface area contributed by atoms with Crippen LogP contribution in [0.4, 0.5) is 14.7 Å². The Morgan fingerprint density at radius 3 is 2.74 bits per heavy atom. The van der Waals surface area contributed by atoms with E-state index < -0.39 is 31.5 Å². The smallest absolute Gasteiger partial charge is 0.369 e. The van der Waals surface area contributed by atoms with Crippen LogP contribution in [0.15, 0.2) is 11.1 Å². The van der Waals surface area contributed by atoms with Gasteiger partial charge in [-0.1, -0.05) is 5.92 Å². The maximum absolute atomic E-state index is 14.3. The van der Waals surface area contributed by atoms with Gasteiger partial charge >= 0.3 is 13.3 Å². The summed E-state index contributed by atoms with van der Waals surface area (Å²) in [4.78, 5) is 22.4. The molecule has 170 valence electrons. The Morgan fingerprint density at radius 1 is 1.35 bits per heavy atom. The monoisotopic (exact) mass is 459 g/mol. The number of imidazole rings is 1. The number of fused-ring (bicyclic) bond motifs is 1. The Hall–Kier alpha value is -2.32. The molecule has 0 unspecified atom stereocenters. The molecule has 3 heterocycles. The van der Waals surface area contributed by atoms with Crippen molar-refractivity contribution >= 4 is 24.7 Å². The molecule has 1 aliphatic heterocycles. The van der Waals surface area contributed by atoms with E-state index in [0.717, 1.165) is 0 Å². The molecule has 0 aliphatic carbocycles. The lowest BCUT2D eigenvalue weighted by Crippen LogP contribution is -2.19. The molecule has 0 amide bonds. The van der Waals surface area contributed by atoms with Crippen LogP contribution in [0.5, 0.6) is 0 Å². The second-order valence-electron chi connectivity index (χ2n) is 6.80. The summed E-state index contributed by atoms with van der Waals surface area (Å²) in [5, 5.41) is 0. The van der Waals surface area contributed by atoms with Crippen molar-refractivity contribution in [2.24, 2.45) is 0 Å². The molecule has 0 bridgehead atoms. The van der Waals surface area contributed by atoms with Gasteiger partial charge in [0.1, 0.15) is 6.23 Å². The van der Waals surface area contributed by atoms with Crippen LogP contribution in [0.25, 0.3) is 11.2 Å². The van der Waals surface area contributed by atoms with Gasteiger partial charge in [-0.3, -0.25) is 18.9 Å². The fraction of sp³-hybridized carbons (Fsp3) is 0.611. The van der Waals surface area contributed by atoms with Crippen molar-refractivity contribution in [1.82, 2.24) is 19.5 Å². The first-order chi connectivity index (χ1) is 14.7. The van der Waals surface area contributed by atoms with Crippen molar-refractivity contribution in [3.05, 3.63) is 16.7 Å². The number of hydrogen-bond acceptors (Lipinski definition) is 8. The van der Waals surface area contributed by atoms with Crippen LogP contribution in [0.1, 0.15) is 45.8 Å². The number of nitrogens with one attached hydrogen (secondary N) is 1. The van der Waals surface area contributed by atoms with Gasteiger partial charge in [0.2, 0.25) is 5.95 Å². The predicted octanol–water partition coefficient (Wildman–Crippen LogP) is 3.02. The Balaban J connectivity index is 1.62. The summed E-state index contributed by atoms with van der Waals surface area (Å²) in [6, 6.07) is 0. The number of rotatable bonds is 8. The van der Waals surface area contributed by atoms with Gasteiger partial charge in [0.25, 0.3) is 5.56 Å². The number of ether oxygens (including phenoxy) is 1. The van der Waals surface area contributed by atoms with E-state index in [2.05, 4.69) is 26.8 Å². The third-order valence-electron chi connectivity index (χ3n) is 4.60. The molecule has 2 atom stereocenters. The third-order valence-corrected chi connectivity index (χ3v) is 6.76. The van der Waals surface area contributed by atoms with Crippen LogP contribution < -0.4 is 11.3 Å². The molecule has 10 nitrogen and oxygen atoms in total. The lowest BCUT2D eigenvalue weighted by molar-refractivity contribution is 0.00680. The quantitative estimate of drug-likeness (QED) is 0.454. The number of nitrogens with zero attached hydrogens (tertiary/aromatic N) is 3. The van der Waals surface area contributed by atoms with Crippen molar-refractivity contribution in [2.75, 3.05) is 18.9 Å². The van der Waals surface area contributed by atoms with E-state index in [4.69, 9.17) is 19.5 Å². The lowest BCUT2D eigenvalue weighted by atomic mass is 10.2. The third kappa shape index (κ3) is 4.96. The van der Waals surface area contributed by atoms with Gasteiger partial charge < -0.3 is 19.5 Å². The number of alkyl halides is 2. The summed E-state index contributed by atoms with van der Waals surface area (Å²) in [5.41, 5.74) is 1.90. The first-order valence-corrected chi connectivity index (χ1v) is 11.4. The standard InChI is InChI=1S/C18H24F2N5O5P/c1-3-28-31(27,29-4-2)18(19,20)10-6-5-7-12-8-9-13(30-12)25-11-22-14-15(25)23-17(21)24-16(14)26/h11-13H,3-4,7-10H2,1-2H3,(H3,21,23,24,26)/t12-,13-/m1/s1. The Labute approximate surface area is 177 Å². The predicted molar refractivity (Wildman–Crippen MR) is 109 cm³/mol. The summed E-state index contributed by atoms with van der Waals surface area (Å²) in [5.74, 6) is 4.99. The molecule has 13 heteroatoms. The van der Waals surface area contributed by atoms with Gasteiger partial charge in [0.05, 0.1) is 32.1 Å². The minimum absolute atomic E-state index is 0.0306. The van der Waals surface area contributed by atoms with E-state index in [1.54, 1.807) is 4.57 Å². The highest BCUT2D eigenvalue weighted by Crippen LogP contribution is 2.63. The van der Waals surface area contributed by atoms with E-state index in [0.29, 0.717) is 18.5 Å². The number of nitrogens with two attached hydrogens (primary N) is 1. The number of aromatic amines is 1. The van der Waals surface area contributed by atoms with Crippen LogP contribution in [0.2, 0.25) is 0 Å². The van der Waals surface area contributed by atoms with E-state index >= 15 is 0 Å². The summed E-state index contributed by atoms with van der Waals surface area (Å²) >= 11 is 0. The van der Waals surface area contributed by atoms with Crippen LogP contribution in [-0.4, -0.2) is 44.5 Å². The Kier molecular flexibility index (Phi) is 7.11. The van der Waals surface area contributed by atoms with Crippen LogP contribution in [0.3, 0.4) is 0 Å². The number of anilines is 1. The summed E-state index contributed by atoms with van der Waals surface area (Å²) in [6.07, 6.45) is 1.22. The number of halogens is 2. The summed E-state index contributed by atoms with van der Waals surface area (Å²) in [7, 11) is -4.58. The zero-order chi connectivity index (χ0) is 22.6. The highest BCUT2D eigenvalue weighted by molar-refractivity contribution is 7.55. The van der Waals surface area contributed by atoms with Crippen molar-refractivity contribution in [2.45, 2.75) is 57.5 Å². The molecule has 2 aromatic heterocycles. The van der Waals surface area contributed by atoms with Crippen molar-refractivity contribution in [3.63, 3.8) is 0 Å². The Morgan fingerprint density at radius 2 is 2.06 bits per heavy atom. The topological polar surface area (TPSA) is 134 Å². The van der Waals surface area contributed by atoms with Crippen LogP contribution >= 0.6 is 7.60 Å². The molecule has 1 aliphatic rings. The molecule has 31 heavy (non-hydrogen) atoms. The second kappa shape index (κ2) is 9.44. The summed E-state index contributed by atoms with van der Waals surface area (Å²) < 4.78 is 57.8.